The van der Waals surface area contributed by atoms with Crippen molar-refractivity contribution in [1.29, 1.82) is 0 Å². The maximum absolute atomic E-state index is 13.6. The predicted octanol–water partition coefficient (Wildman–Crippen LogP) is 3.89. The molecule has 0 aromatic heterocycles. The molecule has 8 heteroatoms. The van der Waals surface area contributed by atoms with Gasteiger partial charge in [-0.05, 0) is 86.9 Å². The Morgan fingerprint density at radius 3 is 1.84 bits per heavy atom. The lowest BCUT2D eigenvalue weighted by Gasteiger charge is -2.43. The van der Waals surface area contributed by atoms with Crippen molar-refractivity contribution in [2.75, 3.05) is 0 Å². The molecular weight excluding hydrogens is 410 g/mol. The van der Waals surface area contributed by atoms with E-state index in [2.05, 4.69) is 10.6 Å². The third kappa shape index (κ3) is 8.40. The van der Waals surface area contributed by atoms with E-state index in [1.54, 1.807) is 39.8 Å². The van der Waals surface area contributed by atoms with E-state index in [0.29, 0.717) is 5.56 Å². The molecule has 0 heterocycles. The van der Waals surface area contributed by atoms with Crippen molar-refractivity contribution in [2.45, 2.75) is 98.0 Å². The largest absolute Gasteiger partial charge is 0.508 e. The number of nitrogens with one attached hydrogen (secondary N) is 2. The van der Waals surface area contributed by atoms with Crippen molar-refractivity contribution in [3.8, 4) is 5.75 Å². The molecule has 3 amide bonds. The number of phenolic OH excluding ortho intramolecular Hbond substituents is 1. The summed E-state index contributed by atoms with van der Waals surface area (Å²) in [7, 11) is 0. The zero-order chi connectivity index (χ0) is 25.1. The average Bonchev–Trinajstić information content (AvgIpc) is 2.55. The summed E-state index contributed by atoms with van der Waals surface area (Å²) in [6, 6.07) is 4.25. The molecule has 0 radical (unpaired) electrons. The molecule has 2 unspecified atom stereocenters. The molecule has 0 bridgehead atoms. The third-order valence-electron chi connectivity index (χ3n) is 4.28. The van der Waals surface area contributed by atoms with Crippen LogP contribution in [0.4, 0.5) is 4.79 Å². The van der Waals surface area contributed by atoms with E-state index in [1.165, 1.54) is 17.0 Å². The summed E-state index contributed by atoms with van der Waals surface area (Å²) in [5, 5.41) is 15.2. The number of carbonyl (C=O) groups is 3. The summed E-state index contributed by atoms with van der Waals surface area (Å²) in [5.74, 6) is -0.751. The second-order valence-corrected chi connectivity index (χ2v) is 11.0. The first-order chi connectivity index (χ1) is 14.3. The van der Waals surface area contributed by atoms with Crippen LogP contribution in [0.2, 0.25) is 0 Å². The molecule has 0 fully saturated rings. The van der Waals surface area contributed by atoms with Crippen LogP contribution in [0.15, 0.2) is 24.3 Å². The number of carbonyl (C=O) groups excluding carboxylic acids is 3. The summed E-state index contributed by atoms with van der Waals surface area (Å²) in [5.41, 5.74) is -1.47. The maximum Gasteiger partial charge on any atom is 0.408 e. The van der Waals surface area contributed by atoms with Crippen LogP contribution in [0, 0.1) is 0 Å². The van der Waals surface area contributed by atoms with Gasteiger partial charge in [-0.15, -0.1) is 0 Å². The number of phenols is 1. The minimum atomic E-state index is -0.981. The summed E-state index contributed by atoms with van der Waals surface area (Å²) in [4.78, 5) is 40.7. The number of amides is 3. The molecule has 3 N–H and O–H groups in total. The van der Waals surface area contributed by atoms with Crippen molar-refractivity contribution in [3.63, 3.8) is 0 Å². The van der Waals surface area contributed by atoms with E-state index in [1.807, 2.05) is 41.5 Å². The second-order valence-electron chi connectivity index (χ2n) is 11.0. The number of alkyl carbamates (subject to hydrolysis) is 1. The smallest absolute Gasteiger partial charge is 0.408 e. The molecule has 32 heavy (non-hydrogen) atoms. The normalized spacial score (nSPS) is 14.2. The van der Waals surface area contributed by atoms with Crippen LogP contribution >= 0.6 is 0 Å². The molecule has 0 saturated heterocycles. The average molecular weight is 450 g/mol. The lowest BCUT2D eigenvalue weighted by Crippen LogP contribution is -2.59. The molecule has 2 atom stereocenters. The van der Waals surface area contributed by atoms with Crippen LogP contribution < -0.4 is 10.6 Å². The number of aromatic hydroxyl groups is 1. The fourth-order valence-corrected chi connectivity index (χ4v) is 3.11. The van der Waals surface area contributed by atoms with Gasteiger partial charge in [-0.2, -0.15) is 0 Å². The Balaban J connectivity index is 3.40. The maximum atomic E-state index is 13.6. The topological polar surface area (TPSA) is 108 Å². The molecule has 0 aliphatic carbocycles. The van der Waals surface area contributed by atoms with Crippen LogP contribution in [0.5, 0.6) is 5.75 Å². The van der Waals surface area contributed by atoms with Crippen LogP contribution in [0.1, 0.15) is 80.8 Å². The SMILES string of the molecule is CC(NC(=O)OC(C)(C)C)C(=O)N(C(C(=O)NC(C)(C)C)c1ccc(O)cc1)C(C)(C)C. The number of benzene rings is 1. The Morgan fingerprint density at radius 1 is 0.938 bits per heavy atom. The van der Waals surface area contributed by atoms with Gasteiger partial charge in [0.2, 0.25) is 11.8 Å². The Labute approximate surface area is 191 Å². The van der Waals surface area contributed by atoms with Crippen LogP contribution in [-0.2, 0) is 14.3 Å². The first-order valence-electron chi connectivity index (χ1n) is 10.8. The fourth-order valence-electron chi connectivity index (χ4n) is 3.11. The van der Waals surface area contributed by atoms with Gasteiger partial charge in [0.1, 0.15) is 23.4 Å². The van der Waals surface area contributed by atoms with Crippen LogP contribution in [-0.4, -0.2) is 50.6 Å². The molecular formula is C24H39N3O5. The quantitative estimate of drug-likeness (QED) is 0.632. The number of nitrogens with zero attached hydrogens (tertiary/aromatic N) is 1. The fraction of sp³-hybridized carbons (Fsp3) is 0.625. The lowest BCUT2D eigenvalue weighted by atomic mass is 9.94. The van der Waals surface area contributed by atoms with Crippen molar-refractivity contribution >= 4 is 17.9 Å². The highest BCUT2D eigenvalue weighted by Crippen LogP contribution is 2.31. The Kier molecular flexibility index (Phi) is 8.34. The molecule has 0 aliphatic heterocycles. The van der Waals surface area contributed by atoms with Crippen molar-refractivity contribution < 1.29 is 24.2 Å². The van der Waals surface area contributed by atoms with Gasteiger partial charge in [0.15, 0.2) is 0 Å². The molecule has 0 spiro atoms. The highest BCUT2D eigenvalue weighted by molar-refractivity contribution is 5.92. The van der Waals surface area contributed by atoms with E-state index >= 15 is 0 Å². The molecule has 1 aromatic carbocycles. The van der Waals surface area contributed by atoms with E-state index in [9.17, 15) is 19.5 Å². The molecule has 1 rings (SSSR count). The second kappa shape index (κ2) is 9.79. The van der Waals surface area contributed by atoms with E-state index < -0.39 is 40.8 Å². The van der Waals surface area contributed by atoms with Crippen LogP contribution in [0.25, 0.3) is 0 Å². The zero-order valence-electron chi connectivity index (χ0n) is 21.0. The van der Waals surface area contributed by atoms with Gasteiger partial charge < -0.3 is 25.4 Å². The summed E-state index contributed by atoms with van der Waals surface area (Å²) >= 11 is 0. The molecule has 1 aromatic rings. The monoisotopic (exact) mass is 449 g/mol. The zero-order valence-corrected chi connectivity index (χ0v) is 21.0. The van der Waals surface area contributed by atoms with Crippen LogP contribution in [0.3, 0.4) is 0 Å². The van der Waals surface area contributed by atoms with Gasteiger partial charge >= 0.3 is 6.09 Å². The van der Waals surface area contributed by atoms with E-state index in [-0.39, 0.29) is 11.7 Å². The number of ether oxygens (including phenoxy) is 1. The Hall–Kier alpha value is -2.77. The predicted molar refractivity (Wildman–Crippen MR) is 124 cm³/mol. The van der Waals surface area contributed by atoms with Gasteiger partial charge in [-0.25, -0.2) is 4.79 Å². The number of hydrogen-bond donors (Lipinski definition) is 3. The minimum absolute atomic E-state index is 0.0531. The van der Waals surface area contributed by atoms with Gasteiger partial charge in [0, 0.05) is 11.1 Å². The molecule has 8 nitrogen and oxygen atoms in total. The Bertz CT molecular complexity index is 814. The van der Waals surface area contributed by atoms with E-state index in [4.69, 9.17) is 4.74 Å². The highest BCUT2D eigenvalue weighted by Gasteiger charge is 2.41. The molecule has 0 saturated carbocycles. The van der Waals surface area contributed by atoms with Crippen molar-refractivity contribution in [3.05, 3.63) is 29.8 Å². The lowest BCUT2D eigenvalue weighted by molar-refractivity contribution is -0.148. The van der Waals surface area contributed by atoms with Crippen molar-refractivity contribution in [1.82, 2.24) is 15.5 Å². The van der Waals surface area contributed by atoms with Gasteiger partial charge in [-0.3, -0.25) is 9.59 Å². The first kappa shape index (κ1) is 27.3. The summed E-state index contributed by atoms with van der Waals surface area (Å²) < 4.78 is 5.27. The Morgan fingerprint density at radius 2 is 1.44 bits per heavy atom. The third-order valence-corrected chi connectivity index (χ3v) is 4.28. The first-order valence-corrected chi connectivity index (χ1v) is 10.8. The highest BCUT2D eigenvalue weighted by atomic mass is 16.6. The summed E-state index contributed by atoms with van der Waals surface area (Å²) in [6.07, 6.45) is -0.715. The van der Waals surface area contributed by atoms with Crippen molar-refractivity contribution in [2.24, 2.45) is 0 Å². The van der Waals surface area contributed by atoms with Gasteiger partial charge in [0.05, 0.1) is 0 Å². The minimum Gasteiger partial charge on any atom is -0.508 e. The van der Waals surface area contributed by atoms with E-state index in [0.717, 1.165) is 0 Å². The molecule has 0 aliphatic rings. The number of rotatable bonds is 5. The standard InChI is InChI=1S/C24H39N3O5/c1-15(25-21(31)32-24(8,9)10)20(30)27(23(5,6)7)18(19(29)26-22(2,3)4)16-11-13-17(28)14-12-16/h11-15,18,28H,1-10H3,(H,25,31)(H,26,29). The van der Waals surface area contributed by atoms with Gasteiger partial charge in [-0.1, -0.05) is 12.1 Å². The molecule has 180 valence electrons. The van der Waals surface area contributed by atoms with Gasteiger partial charge in [0.25, 0.3) is 0 Å². The summed E-state index contributed by atoms with van der Waals surface area (Å²) in [6.45, 7) is 17.8. The number of hydrogen-bond acceptors (Lipinski definition) is 5.